The molecule has 3 unspecified atom stereocenters. The first-order valence-corrected chi connectivity index (χ1v) is 8.02. The van der Waals surface area contributed by atoms with Crippen molar-refractivity contribution < 1.29 is 14.7 Å². The predicted molar refractivity (Wildman–Crippen MR) is 81.4 cm³/mol. The highest BCUT2D eigenvalue weighted by atomic mass is 32.2. The van der Waals surface area contributed by atoms with Crippen LogP contribution in [-0.4, -0.2) is 33.7 Å². The summed E-state index contributed by atoms with van der Waals surface area (Å²) in [7, 11) is 0. The Morgan fingerprint density at radius 3 is 2.67 bits per heavy atom. The Morgan fingerprint density at radius 2 is 1.95 bits per heavy atom. The second-order valence-corrected chi connectivity index (χ2v) is 6.30. The first kappa shape index (κ1) is 14.4. The number of aliphatic hydroxyl groups is 1. The molecule has 0 spiro atoms. The number of nitrogens with zero attached hydrogens (tertiary/aromatic N) is 1. The van der Waals surface area contributed by atoms with E-state index in [0.29, 0.717) is 12.8 Å². The smallest absolute Gasteiger partial charge is 0.242 e. The highest BCUT2D eigenvalue weighted by Gasteiger charge is 2.48. The van der Waals surface area contributed by atoms with E-state index in [-0.39, 0.29) is 29.6 Å². The van der Waals surface area contributed by atoms with Crippen LogP contribution in [0.1, 0.15) is 24.3 Å². The first-order chi connectivity index (χ1) is 10.2. The molecule has 2 aliphatic rings. The maximum atomic E-state index is 12.8. The zero-order valence-corrected chi connectivity index (χ0v) is 12.3. The molecule has 1 aromatic carbocycles. The molecular formula is C16H17NO3S. The first-order valence-electron chi connectivity index (χ1n) is 7.08. The van der Waals surface area contributed by atoms with Crippen LogP contribution < -0.4 is 0 Å². The molecule has 3 atom stereocenters. The largest absolute Gasteiger partial charge is 0.396 e. The summed E-state index contributed by atoms with van der Waals surface area (Å²) >= 11 is 1.51. The number of thioether (sulfide) groups is 1. The van der Waals surface area contributed by atoms with Gasteiger partial charge >= 0.3 is 0 Å². The number of rotatable bonds is 4. The van der Waals surface area contributed by atoms with Crippen LogP contribution in [0, 0.1) is 5.92 Å². The fourth-order valence-corrected chi connectivity index (χ4v) is 4.12. The Balaban J connectivity index is 1.94. The highest BCUT2D eigenvalue weighted by molar-refractivity contribution is 8.03. The molecule has 2 heterocycles. The third-order valence-corrected chi connectivity index (χ3v) is 5.13. The van der Waals surface area contributed by atoms with Crippen LogP contribution in [0.25, 0.3) is 0 Å². The molecule has 5 heteroatoms. The maximum Gasteiger partial charge on any atom is 0.242 e. The molecule has 0 aliphatic carbocycles. The van der Waals surface area contributed by atoms with Gasteiger partial charge in [0, 0.05) is 18.7 Å². The molecule has 2 aliphatic heterocycles. The highest BCUT2D eigenvalue weighted by Crippen LogP contribution is 2.42. The lowest BCUT2D eigenvalue weighted by Gasteiger charge is -2.38. The van der Waals surface area contributed by atoms with Crippen LogP contribution in [0.15, 0.2) is 41.9 Å². The molecule has 1 amide bonds. The van der Waals surface area contributed by atoms with Crippen molar-refractivity contribution in [3.05, 3.63) is 47.5 Å². The van der Waals surface area contributed by atoms with E-state index in [9.17, 15) is 9.59 Å². The average molecular weight is 303 g/mol. The van der Waals surface area contributed by atoms with Gasteiger partial charge in [0.15, 0.2) is 5.78 Å². The molecule has 0 bridgehead atoms. The minimum Gasteiger partial charge on any atom is -0.396 e. The van der Waals surface area contributed by atoms with Crippen LogP contribution in [0.2, 0.25) is 0 Å². The van der Waals surface area contributed by atoms with Crippen molar-refractivity contribution in [2.75, 3.05) is 6.61 Å². The Morgan fingerprint density at radius 1 is 1.19 bits per heavy atom. The molecular weight excluding hydrogens is 286 g/mol. The van der Waals surface area contributed by atoms with Crippen molar-refractivity contribution in [1.82, 2.24) is 4.90 Å². The third kappa shape index (κ3) is 2.51. The number of Topliss-reactive ketones (excluding diaryl/α,β-unsaturated/α-hetero) is 1. The second-order valence-electron chi connectivity index (χ2n) is 5.28. The van der Waals surface area contributed by atoms with Crippen molar-refractivity contribution >= 4 is 23.5 Å². The number of carbonyl (C=O) groups is 2. The number of carbonyl (C=O) groups excluding carboxylic acids is 2. The van der Waals surface area contributed by atoms with E-state index in [0.717, 1.165) is 5.56 Å². The third-order valence-electron chi connectivity index (χ3n) is 4.02. The molecule has 1 fully saturated rings. The molecule has 0 aromatic heterocycles. The second kappa shape index (κ2) is 6.03. The predicted octanol–water partition coefficient (Wildman–Crippen LogP) is 2.11. The van der Waals surface area contributed by atoms with Gasteiger partial charge in [-0.05, 0) is 23.8 Å². The van der Waals surface area contributed by atoms with Crippen LogP contribution in [0.4, 0.5) is 0 Å². The van der Waals surface area contributed by atoms with Crippen molar-refractivity contribution in [1.29, 1.82) is 0 Å². The molecule has 1 N–H and O–H groups in total. The average Bonchev–Trinajstić information content (AvgIpc) is 2.98. The number of benzene rings is 1. The van der Waals surface area contributed by atoms with E-state index in [2.05, 4.69) is 0 Å². The molecule has 0 radical (unpaired) electrons. The molecule has 1 saturated heterocycles. The van der Waals surface area contributed by atoms with Gasteiger partial charge in [0.05, 0.1) is 5.37 Å². The van der Waals surface area contributed by atoms with Gasteiger partial charge < -0.3 is 10.0 Å². The van der Waals surface area contributed by atoms with Crippen molar-refractivity contribution in [2.24, 2.45) is 5.92 Å². The van der Waals surface area contributed by atoms with E-state index in [4.69, 9.17) is 5.11 Å². The molecule has 21 heavy (non-hydrogen) atoms. The number of amides is 1. The Hall–Kier alpha value is -1.59. The molecule has 1 aromatic rings. The number of hydrogen-bond donors (Lipinski definition) is 1. The Kier molecular flexibility index (Phi) is 4.12. The summed E-state index contributed by atoms with van der Waals surface area (Å²) in [6, 6.07) is 9.23. The summed E-state index contributed by atoms with van der Waals surface area (Å²) in [5, 5.41) is 10.8. The van der Waals surface area contributed by atoms with E-state index >= 15 is 0 Å². The minimum absolute atomic E-state index is 0.0166. The van der Waals surface area contributed by atoms with E-state index in [1.54, 1.807) is 11.1 Å². The van der Waals surface area contributed by atoms with Crippen LogP contribution >= 0.6 is 11.8 Å². The summed E-state index contributed by atoms with van der Waals surface area (Å²) in [5.41, 5.74) is 0.755. The summed E-state index contributed by atoms with van der Waals surface area (Å²) < 4.78 is 0. The summed E-state index contributed by atoms with van der Waals surface area (Å²) in [6.45, 7) is 0.0680. The van der Waals surface area contributed by atoms with Crippen LogP contribution in [0.5, 0.6) is 0 Å². The van der Waals surface area contributed by atoms with Gasteiger partial charge in [0.25, 0.3) is 0 Å². The zero-order valence-electron chi connectivity index (χ0n) is 11.5. The fraction of sp³-hybridized carbons (Fsp3) is 0.375. The molecule has 110 valence electrons. The van der Waals surface area contributed by atoms with E-state index in [1.807, 2.05) is 35.7 Å². The SMILES string of the molecule is O=C1C(c2ccccc2)C(=O)N2C=CSC2C1CCCO. The normalized spacial score (nSPS) is 28.0. The maximum absolute atomic E-state index is 12.8. The quantitative estimate of drug-likeness (QED) is 0.866. The topological polar surface area (TPSA) is 57.6 Å². The van der Waals surface area contributed by atoms with Crippen LogP contribution in [0.3, 0.4) is 0 Å². The lowest BCUT2D eigenvalue weighted by atomic mass is 9.80. The standard InChI is InChI=1S/C16H17NO3S/c18-9-4-7-12-14(19)13(11-5-2-1-3-6-11)15(20)17-8-10-21-16(12)17/h1-3,5-6,8,10,12-13,16,18H,4,7,9H2. The van der Waals surface area contributed by atoms with E-state index < -0.39 is 5.92 Å². The van der Waals surface area contributed by atoms with Gasteiger partial charge in [-0.1, -0.05) is 30.3 Å². The number of hydrogen-bond acceptors (Lipinski definition) is 4. The van der Waals surface area contributed by atoms with Gasteiger partial charge in [-0.15, -0.1) is 11.8 Å². The monoisotopic (exact) mass is 303 g/mol. The van der Waals surface area contributed by atoms with Gasteiger partial charge in [0.1, 0.15) is 5.92 Å². The fourth-order valence-electron chi connectivity index (χ4n) is 2.99. The number of fused-ring (bicyclic) bond motifs is 1. The van der Waals surface area contributed by atoms with Gasteiger partial charge in [-0.3, -0.25) is 9.59 Å². The molecule has 0 saturated carbocycles. The minimum atomic E-state index is -0.713. The summed E-state index contributed by atoms with van der Waals surface area (Å²) in [6.07, 6.45) is 2.96. The Labute approximate surface area is 127 Å². The Bertz CT molecular complexity index is 572. The van der Waals surface area contributed by atoms with Crippen molar-refractivity contribution in [2.45, 2.75) is 24.1 Å². The summed E-state index contributed by atoms with van der Waals surface area (Å²) in [5.74, 6) is -1.09. The number of ketones is 1. The van der Waals surface area contributed by atoms with E-state index in [1.165, 1.54) is 11.8 Å². The lowest BCUT2D eigenvalue weighted by Crippen LogP contribution is -2.51. The number of piperidine rings is 1. The van der Waals surface area contributed by atoms with Gasteiger partial charge in [-0.2, -0.15) is 0 Å². The van der Waals surface area contributed by atoms with Crippen LogP contribution in [-0.2, 0) is 9.59 Å². The van der Waals surface area contributed by atoms with Gasteiger partial charge in [0.2, 0.25) is 5.91 Å². The van der Waals surface area contributed by atoms with Crippen molar-refractivity contribution in [3.8, 4) is 0 Å². The van der Waals surface area contributed by atoms with Crippen molar-refractivity contribution in [3.63, 3.8) is 0 Å². The summed E-state index contributed by atoms with van der Waals surface area (Å²) in [4.78, 5) is 27.1. The zero-order chi connectivity index (χ0) is 14.8. The molecule has 4 nitrogen and oxygen atoms in total. The van der Waals surface area contributed by atoms with Gasteiger partial charge in [-0.25, -0.2) is 0 Å². The lowest BCUT2D eigenvalue weighted by molar-refractivity contribution is -0.143. The molecule has 3 rings (SSSR count). The number of aliphatic hydroxyl groups excluding tert-OH is 1.